The normalized spacial score (nSPS) is 16.0. The van der Waals surface area contributed by atoms with Crippen LogP contribution in [0.4, 0.5) is 10.5 Å². The van der Waals surface area contributed by atoms with Crippen molar-refractivity contribution in [1.82, 2.24) is 4.90 Å². The van der Waals surface area contributed by atoms with Crippen LogP contribution in [0.15, 0.2) is 6.07 Å². The van der Waals surface area contributed by atoms with E-state index in [4.69, 9.17) is 10.9 Å². The minimum absolute atomic E-state index is 0.436. The van der Waals surface area contributed by atoms with Gasteiger partial charge in [0.15, 0.2) is 0 Å². The number of amides is 2. The van der Waals surface area contributed by atoms with E-state index in [0.717, 1.165) is 44.3 Å². The third kappa shape index (κ3) is 5.80. The van der Waals surface area contributed by atoms with Gasteiger partial charge in [0.25, 0.3) is 0 Å². The lowest BCUT2D eigenvalue weighted by atomic mass is 9.99. The Kier molecular flexibility index (Phi) is 7.40. The summed E-state index contributed by atoms with van der Waals surface area (Å²) in [6, 6.07) is 1.91. The number of primary amides is 1. The summed E-state index contributed by atoms with van der Waals surface area (Å²) in [6.07, 6.45) is 7.77. The fourth-order valence-electron chi connectivity index (χ4n) is 3.61. The van der Waals surface area contributed by atoms with Crippen LogP contribution in [0.1, 0.15) is 41.5 Å². The lowest BCUT2D eigenvalue weighted by Gasteiger charge is -2.14. The second-order valence-electron chi connectivity index (χ2n) is 6.96. The van der Waals surface area contributed by atoms with E-state index in [9.17, 15) is 9.00 Å². The lowest BCUT2D eigenvalue weighted by molar-refractivity contribution is 0.259. The van der Waals surface area contributed by atoms with Crippen molar-refractivity contribution in [3.63, 3.8) is 0 Å². The van der Waals surface area contributed by atoms with Crippen molar-refractivity contribution in [1.29, 1.82) is 0 Å². The van der Waals surface area contributed by atoms with E-state index in [1.54, 1.807) is 0 Å². The van der Waals surface area contributed by atoms with Gasteiger partial charge in [0.2, 0.25) is 0 Å². The zero-order chi connectivity index (χ0) is 18.4. The van der Waals surface area contributed by atoms with Crippen molar-refractivity contribution in [2.24, 2.45) is 10.9 Å². The smallest absolute Gasteiger partial charge is 0.316 e. The predicted molar refractivity (Wildman–Crippen MR) is 104 cm³/mol. The quantitative estimate of drug-likeness (QED) is 0.739. The van der Waals surface area contributed by atoms with E-state index in [1.807, 2.05) is 19.0 Å². The summed E-state index contributed by atoms with van der Waals surface area (Å²) in [4.78, 5) is 13.1. The highest BCUT2D eigenvalue weighted by atomic mass is 32.2. The fraction of sp³-hybridized carbons (Fsp3) is 0.611. The number of hydrogen-bond donors (Lipinski definition) is 3. The molecule has 0 bridgehead atoms. The monoisotopic (exact) mass is 366 g/mol. The summed E-state index contributed by atoms with van der Waals surface area (Å²) in [7, 11) is 2.86. The molecule has 2 aliphatic carbocycles. The molecule has 1 aromatic carbocycles. The molecule has 0 saturated heterocycles. The number of rotatable bonds is 5. The largest absolute Gasteiger partial charge is 0.351 e. The van der Waals surface area contributed by atoms with Crippen molar-refractivity contribution in [3.8, 4) is 0 Å². The van der Waals surface area contributed by atoms with Gasteiger partial charge in [-0.15, -0.1) is 0 Å². The summed E-state index contributed by atoms with van der Waals surface area (Å²) in [5.74, 6) is 0.609. The van der Waals surface area contributed by atoms with Gasteiger partial charge in [-0.2, -0.15) is 0 Å². The van der Waals surface area contributed by atoms with Crippen molar-refractivity contribution < 1.29 is 9.00 Å². The number of aryl methyl sites for hydroxylation is 2. The molecule has 140 valence electrons. The average molecular weight is 367 g/mol. The molecular weight excluding hydrogens is 336 g/mol. The first kappa shape index (κ1) is 19.9. The molecule has 5 N–H and O–H groups in total. The summed E-state index contributed by atoms with van der Waals surface area (Å²) in [5, 5.41) is 7.88. The Bertz CT molecular complexity index is 614. The Morgan fingerprint density at radius 1 is 1.16 bits per heavy atom. The number of fused-ring (bicyclic) bond motifs is 2. The molecule has 0 aliphatic heterocycles. The molecule has 2 amide bonds. The Balaban J connectivity index is 0.000000217. The zero-order valence-electron chi connectivity index (χ0n) is 15.3. The van der Waals surface area contributed by atoms with Gasteiger partial charge in [-0.1, -0.05) is 6.07 Å². The van der Waals surface area contributed by atoms with Crippen LogP contribution in [-0.2, 0) is 36.7 Å². The highest BCUT2D eigenvalue weighted by molar-refractivity contribution is 7.82. The average Bonchev–Trinajstić information content (AvgIpc) is 3.15. The van der Waals surface area contributed by atoms with Gasteiger partial charge >= 0.3 is 6.03 Å². The molecule has 0 radical (unpaired) electrons. The first-order valence-electron chi connectivity index (χ1n) is 8.89. The second-order valence-corrected chi connectivity index (χ2v) is 8.13. The molecule has 0 spiro atoms. The molecule has 0 saturated carbocycles. The standard InChI is InChI=1S/C13H16N2O.C5H14N2OS/c14-13(16)15-12-10-5-1-3-8(10)7-9-4-2-6-11(9)12;1-7(2)4-3-5-9(6)8/h7H,1-6H2,(H3,14,15,16);3-6H2,1-2H3. The van der Waals surface area contributed by atoms with Gasteiger partial charge in [0, 0.05) is 11.4 Å². The van der Waals surface area contributed by atoms with Crippen LogP contribution in [0.3, 0.4) is 0 Å². The number of benzene rings is 1. The van der Waals surface area contributed by atoms with Gasteiger partial charge in [0.1, 0.15) is 0 Å². The van der Waals surface area contributed by atoms with Crippen LogP contribution in [0.25, 0.3) is 0 Å². The Morgan fingerprint density at radius 2 is 1.72 bits per heavy atom. The van der Waals surface area contributed by atoms with E-state index in [-0.39, 0.29) is 0 Å². The first-order chi connectivity index (χ1) is 11.9. The van der Waals surface area contributed by atoms with Crippen molar-refractivity contribution in [2.45, 2.75) is 44.9 Å². The molecule has 0 aromatic heterocycles. The van der Waals surface area contributed by atoms with Crippen LogP contribution in [-0.4, -0.2) is 41.5 Å². The highest BCUT2D eigenvalue weighted by Crippen LogP contribution is 2.38. The zero-order valence-corrected chi connectivity index (χ0v) is 16.1. The predicted octanol–water partition coefficient (Wildman–Crippen LogP) is 1.72. The molecule has 7 heteroatoms. The molecule has 25 heavy (non-hydrogen) atoms. The third-order valence-electron chi connectivity index (χ3n) is 4.67. The van der Waals surface area contributed by atoms with E-state index >= 15 is 0 Å². The fourth-order valence-corrected chi connectivity index (χ4v) is 4.03. The maximum atomic E-state index is 11.1. The van der Waals surface area contributed by atoms with Gasteiger partial charge in [0.05, 0.1) is 11.0 Å². The number of carbonyl (C=O) groups is 1. The molecule has 2 aliphatic rings. The van der Waals surface area contributed by atoms with Gasteiger partial charge < -0.3 is 16.0 Å². The van der Waals surface area contributed by atoms with Crippen molar-refractivity contribution in [3.05, 3.63) is 28.3 Å². The lowest BCUT2D eigenvalue weighted by Crippen LogP contribution is -2.21. The molecule has 0 heterocycles. The SMILES string of the molecule is CN(C)CCCS(N)=O.NC(=O)Nc1c2c(cc3c1CCC3)CCC2. The number of carbonyl (C=O) groups excluding carboxylic acids is 1. The molecule has 1 aromatic rings. The minimum Gasteiger partial charge on any atom is -0.351 e. The molecule has 0 fully saturated rings. The maximum Gasteiger partial charge on any atom is 0.316 e. The van der Waals surface area contributed by atoms with Crippen molar-refractivity contribution in [2.75, 3.05) is 31.7 Å². The van der Waals surface area contributed by atoms with Crippen LogP contribution < -0.4 is 16.2 Å². The molecular formula is C18H30N4O2S. The maximum absolute atomic E-state index is 11.1. The summed E-state index contributed by atoms with van der Waals surface area (Å²) < 4.78 is 10.3. The number of nitrogens with zero attached hydrogens (tertiary/aromatic N) is 1. The van der Waals surface area contributed by atoms with E-state index in [2.05, 4.69) is 11.4 Å². The van der Waals surface area contributed by atoms with Crippen LogP contribution in [0, 0.1) is 0 Å². The van der Waals surface area contributed by atoms with Crippen LogP contribution in [0.2, 0.25) is 0 Å². The van der Waals surface area contributed by atoms with Crippen LogP contribution >= 0.6 is 0 Å². The number of urea groups is 1. The number of nitrogens with one attached hydrogen (secondary N) is 1. The number of anilines is 1. The van der Waals surface area contributed by atoms with Crippen LogP contribution in [0.5, 0.6) is 0 Å². The van der Waals surface area contributed by atoms with Gasteiger partial charge in [-0.3, -0.25) is 5.14 Å². The van der Waals surface area contributed by atoms with Gasteiger partial charge in [-0.05, 0) is 87.8 Å². The van der Waals surface area contributed by atoms with Gasteiger partial charge in [-0.25, -0.2) is 9.00 Å². The molecule has 1 unspecified atom stereocenters. The summed E-state index contributed by atoms with van der Waals surface area (Å²) in [5.41, 5.74) is 11.8. The van der Waals surface area contributed by atoms with E-state index < -0.39 is 17.0 Å². The molecule has 3 rings (SSSR count). The number of hydrogen-bond acceptors (Lipinski definition) is 3. The Hall–Kier alpha value is -1.44. The first-order valence-corrected chi connectivity index (χ1v) is 10.3. The number of nitrogens with two attached hydrogens (primary N) is 2. The molecule has 6 nitrogen and oxygen atoms in total. The Morgan fingerprint density at radius 3 is 2.16 bits per heavy atom. The third-order valence-corrected chi connectivity index (χ3v) is 5.36. The topological polar surface area (TPSA) is 101 Å². The Labute approximate surface area is 152 Å². The van der Waals surface area contributed by atoms with E-state index in [1.165, 1.54) is 35.1 Å². The minimum atomic E-state index is -1.11. The van der Waals surface area contributed by atoms with Crippen molar-refractivity contribution >= 4 is 22.7 Å². The summed E-state index contributed by atoms with van der Waals surface area (Å²) >= 11 is 0. The summed E-state index contributed by atoms with van der Waals surface area (Å²) in [6.45, 7) is 0.961. The van der Waals surface area contributed by atoms with E-state index in [0.29, 0.717) is 5.75 Å². The second kappa shape index (κ2) is 9.31. The highest BCUT2D eigenvalue weighted by Gasteiger charge is 2.24. The molecule has 1 atom stereocenters.